The molecule has 2 amide bonds. The van der Waals surface area contributed by atoms with Gasteiger partial charge >= 0.3 is 7.12 Å². The number of nitrogens with one attached hydrogen (secondary N) is 4. The van der Waals surface area contributed by atoms with Crippen LogP contribution in [0.3, 0.4) is 0 Å². The summed E-state index contributed by atoms with van der Waals surface area (Å²) in [5, 5.41) is 30.2. The fourth-order valence-electron chi connectivity index (χ4n) is 7.16. The molecular weight excluding hydrogens is 1050 g/mol. The highest BCUT2D eigenvalue weighted by Gasteiger charge is 2.15. The minimum absolute atomic E-state index is 0.273. The summed E-state index contributed by atoms with van der Waals surface area (Å²) in [4.78, 5) is 48.9. The normalized spacial score (nSPS) is 10.6. The van der Waals surface area contributed by atoms with Crippen LogP contribution in [0.4, 0.5) is 23.3 Å². The van der Waals surface area contributed by atoms with Crippen LogP contribution in [0.15, 0.2) is 163 Å². The van der Waals surface area contributed by atoms with Crippen molar-refractivity contribution in [3.63, 3.8) is 0 Å². The monoisotopic (exact) mass is 1090 g/mol. The third-order valence-electron chi connectivity index (χ3n) is 11.0. The molecule has 0 spiro atoms. The molecule has 0 saturated heterocycles. The molecule has 6 N–H and O–H groups in total. The van der Waals surface area contributed by atoms with Crippen LogP contribution in [0, 0.1) is 0 Å². The SMILES string of the molecule is CNC(=O)c1cc(Oc2ccc3c(c2)nc(Nc2ccc(Cl)c(-c4ccncc4)c2)n3C)ccn1.CNC(=O)c1cc(Oc2ccc3c(c2)nc(Nc2ccc(Cl)c(Br)c2)n3C)ccn1.OB(O)c1ccncc1. The van der Waals surface area contributed by atoms with Gasteiger partial charge in [-0.1, -0.05) is 23.2 Å². The zero-order chi connectivity index (χ0) is 52.3. The summed E-state index contributed by atoms with van der Waals surface area (Å²) in [7, 11) is 5.61. The molecule has 0 aliphatic rings. The van der Waals surface area contributed by atoms with Crippen LogP contribution in [0.25, 0.3) is 33.2 Å². The lowest BCUT2D eigenvalue weighted by molar-refractivity contribution is 0.0950. The van der Waals surface area contributed by atoms with Crippen LogP contribution < -0.4 is 36.2 Å². The molecule has 0 atom stereocenters. The number of rotatable bonds is 12. The third-order valence-corrected chi connectivity index (χ3v) is 12.5. The van der Waals surface area contributed by atoms with Gasteiger partial charge in [0.25, 0.3) is 11.8 Å². The topological polar surface area (TPSA) is 228 Å². The van der Waals surface area contributed by atoms with Crippen molar-refractivity contribution >= 4 is 109 Å². The van der Waals surface area contributed by atoms with Crippen LogP contribution >= 0.6 is 39.1 Å². The molecule has 0 saturated carbocycles. The number of carbonyl (C=O) groups excluding carboxylic acids is 2. The number of halogens is 3. The summed E-state index contributed by atoms with van der Waals surface area (Å²) in [6.07, 6.45) is 9.56. The van der Waals surface area contributed by atoms with Crippen molar-refractivity contribution in [1.29, 1.82) is 0 Å². The van der Waals surface area contributed by atoms with Gasteiger partial charge in [-0.3, -0.25) is 29.5 Å². The van der Waals surface area contributed by atoms with Crippen molar-refractivity contribution in [2.75, 3.05) is 24.7 Å². The first-order valence-electron chi connectivity index (χ1n) is 22.4. The lowest BCUT2D eigenvalue weighted by Crippen LogP contribution is -2.29. The number of hydrogen-bond donors (Lipinski definition) is 6. The van der Waals surface area contributed by atoms with Gasteiger partial charge in [0.05, 0.1) is 27.1 Å². The molecule has 10 rings (SSSR count). The molecule has 18 nitrogen and oxygen atoms in total. The summed E-state index contributed by atoms with van der Waals surface area (Å²) in [6.45, 7) is 0. The Bertz CT molecular complexity index is 3610. The van der Waals surface area contributed by atoms with Gasteiger partial charge in [0.2, 0.25) is 11.9 Å². The maximum Gasteiger partial charge on any atom is 0.488 e. The van der Waals surface area contributed by atoms with Crippen LogP contribution in [0.1, 0.15) is 21.0 Å². The zero-order valence-electron chi connectivity index (χ0n) is 39.8. The van der Waals surface area contributed by atoms with Gasteiger partial charge in [0, 0.05) is 116 Å². The number of fused-ring (bicyclic) bond motifs is 2. The van der Waals surface area contributed by atoms with Gasteiger partial charge in [-0.15, -0.1) is 0 Å². The Kier molecular flexibility index (Phi) is 16.8. The van der Waals surface area contributed by atoms with Gasteiger partial charge in [0.15, 0.2) is 0 Å². The molecule has 0 radical (unpaired) electrons. The van der Waals surface area contributed by atoms with E-state index in [0.717, 1.165) is 49.0 Å². The predicted molar refractivity (Wildman–Crippen MR) is 291 cm³/mol. The molecule has 0 fully saturated rings. The van der Waals surface area contributed by atoms with Gasteiger partial charge < -0.3 is 49.9 Å². The van der Waals surface area contributed by atoms with Crippen LogP contribution in [0.5, 0.6) is 23.0 Å². The highest BCUT2D eigenvalue weighted by molar-refractivity contribution is 9.10. The Hall–Kier alpha value is -8.40. The summed E-state index contributed by atoms with van der Waals surface area (Å²) in [5.74, 6) is 3.04. The largest absolute Gasteiger partial charge is 0.488 e. The number of anilines is 4. The number of hydrogen-bond acceptors (Lipinski definition) is 14. The Morgan fingerprint density at radius 3 is 1.49 bits per heavy atom. The number of ether oxygens (including phenoxy) is 2. The van der Waals surface area contributed by atoms with Crippen molar-refractivity contribution in [1.82, 2.24) is 49.7 Å². The van der Waals surface area contributed by atoms with Crippen LogP contribution in [-0.2, 0) is 14.1 Å². The maximum atomic E-state index is 11.8. The maximum absolute atomic E-state index is 11.8. The second-order valence-electron chi connectivity index (χ2n) is 15.9. The lowest BCUT2D eigenvalue weighted by Gasteiger charge is -2.10. The van der Waals surface area contributed by atoms with Crippen molar-refractivity contribution in [2.24, 2.45) is 14.1 Å². The van der Waals surface area contributed by atoms with E-state index < -0.39 is 7.12 Å². The van der Waals surface area contributed by atoms with Gasteiger partial charge in [0.1, 0.15) is 34.4 Å². The van der Waals surface area contributed by atoms with Crippen molar-refractivity contribution < 1.29 is 29.1 Å². The number of nitrogens with zero attached hydrogens (tertiary/aromatic N) is 8. The summed E-state index contributed by atoms with van der Waals surface area (Å²) >= 11 is 15.9. The van der Waals surface area contributed by atoms with E-state index in [4.69, 9.17) is 47.7 Å². The Balaban J connectivity index is 0.000000170. The minimum atomic E-state index is -1.38. The Morgan fingerprint density at radius 1 is 0.568 bits per heavy atom. The molecule has 0 bridgehead atoms. The van der Waals surface area contributed by atoms with Crippen LogP contribution in [0.2, 0.25) is 10.0 Å². The van der Waals surface area contributed by atoms with Gasteiger partial charge in [-0.05, 0) is 124 Å². The number of benzene rings is 4. The lowest BCUT2D eigenvalue weighted by atomic mass is 9.81. The van der Waals surface area contributed by atoms with E-state index in [2.05, 4.69) is 62.1 Å². The molecule has 22 heteroatoms. The van der Waals surface area contributed by atoms with Crippen LogP contribution in [-0.4, -0.2) is 82.1 Å². The molecule has 74 heavy (non-hydrogen) atoms. The molecule has 6 heterocycles. The van der Waals surface area contributed by atoms with E-state index in [1.54, 1.807) is 62.9 Å². The molecular formula is C52H44BBrCl2N12O6. The highest BCUT2D eigenvalue weighted by Crippen LogP contribution is 2.34. The second-order valence-corrected chi connectivity index (χ2v) is 17.5. The number of amides is 2. The first kappa shape index (κ1) is 51.9. The first-order valence-corrected chi connectivity index (χ1v) is 23.9. The zero-order valence-corrected chi connectivity index (χ0v) is 42.9. The molecule has 4 aromatic carbocycles. The van der Waals surface area contributed by atoms with E-state index in [1.165, 1.54) is 24.8 Å². The molecule has 0 unspecified atom stereocenters. The van der Waals surface area contributed by atoms with E-state index >= 15 is 0 Å². The van der Waals surface area contributed by atoms with Crippen molar-refractivity contribution in [3.05, 3.63) is 184 Å². The smallest absolute Gasteiger partial charge is 0.457 e. The molecule has 0 aliphatic carbocycles. The van der Waals surface area contributed by atoms with Gasteiger partial charge in [-0.2, -0.15) is 0 Å². The van der Waals surface area contributed by atoms with Crippen molar-refractivity contribution in [2.45, 2.75) is 0 Å². The Morgan fingerprint density at radius 2 is 1.03 bits per heavy atom. The Labute approximate surface area is 442 Å². The number of aromatic nitrogens is 8. The highest BCUT2D eigenvalue weighted by atomic mass is 79.9. The van der Waals surface area contributed by atoms with Gasteiger partial charge in [-0.25, -0.2) is 9.97 Å². The van der Waals surface area contributed by atoms with E-state index in [9.17, 15) is 9.59 Å². The molecule has 372 valence electrons. The minimum Gasteiger partial charge on any atom is -0.457 e. The predicted octanol–water partition coefficient (Wildman–Crippen LogP) is 9.62. The van der Waals surface area contributed by atoms with E-state index in [0.29, 0.717) is 50.4 Å². The first-order chi connectivity index (χ1) is 35.8. The molecule has 6 aromatic heterocycles. The van der Waals surface area contributed by atoms with Crippen molar-refractivity contribution in [3.8, 4) is 34.1 Å². The third kappa shape index (κ3) is 12.8. The van der Waals surface area contributed by atoms with E-state index in [-0.39, 0.29) is 23.2 Å². The second kappa shape index (κ2) is 23.9. The standard InChI is InChI=1S/C26H21ClN6O2.C21H17BrClN5O2.C5H6BNO2/c1-28-25(34)23-15-19(9-12-30-23)35-18-4-6-24-22(14-18)32-26(33(24)2)31-17-3-5-21(27)20(13-17)16-7-10-29-11-8-16;1-24-20(29)18-11-14(7-8-25-18)30-13-4-6-19-17(10-13)27-21(28(19)2)26-12-3-5-16(23)15(22)9-12;8-6(9)5-1-3-7-4-2-5/h3-15H,1-2H3,(H,28,34)(H,31,32);3-11H,1-2H3,(H,24,29)(H,26,27);1-4,8-9H. The summed E-state index contributed by atoms with van der Waals surface area (Å²) in [5.41, 5.74) is 8.04. The van der Waals surface area contributed by atoms with E-state index in [1.807, 2.05) is 108 Å². The summed E-state index contributed by atoms with van der Waals surface area (Å²) < 4.78 is 16.6. The fraction of sp³-hybridized carbons (Fsp3) is 0.0769. The average molecular weight is 1090 g/mol. The fourth-order valence-corrected chi connectivity index (χ4v) is 7.88. The molecule has 10 aromatic rings. The summed E-state index contributed by atoms with van der Waals surface area (Å²) in [6, 6.07) is 36.1. The number of carbonyl (C=O) groups is 2. The number of imidazole rings is 2. The quantitative estimate of drug-likeness (QED) is 0.0627. The molecule has 0 aliphatic heterocycles. The number of pyridine rings is 4. The number of aryl methyl sites for hydroxylation is 2. The average Bonchev–Trinajstić information content (AvgIpc) is 3.90.